The van der Waals surface area contributed by atoms with Gasteiger partial charge in [-0.05, 0) is 49.4 Å². The van der Waals surface area contributed by atoms with Gasteiger partial charge in [0.15, 0.2) is 0 Å². The molecule has 2 nitrogen and oxygen atoms in total. The maximum Gasteiger partial charge on any atom is 0.123 e. The molecule has 1 aliphatic heterocycles. The van der Waals surface area contributed by atoms with Crippen LogP contribution in [0.3, 0.4) is 0 Å². The predicted octanol–water partition coefficient (Wildman–Crippen LogP) is 2.76. The maximum atomic E-state index is 13.0. The molecule has 0 bridgehead atoms. The highest BCUT2D eigenvalue weighted by Crippen LogP contribution is 2.32. The third-order valence-corrected chi connectivity index (χ3v) is 4.44. The van der Waals surface area contributed by atoms with Gasteiger partial charge in [-0.1, -0.05) is 19.1 Å². The van der Waals surface area contributed by atoms with E-state index in [1.807, 2.05) is 12.1 Å². The standard InChI is InChI=1S/C16H23FN2/c1-12(13-2-4-14(17)5-3-13)11-19(15-6-7-15)16-8-9-18-10-16/h2-5,12,15-16,18H,6-11H2,1H3. The van der Waals surface area contributed by atoms with E-state index in [1.54, 1.807) is 12.1 Å². The SMILES string of the molecule is CC(CN(C1CC1)C1CCNC1)c1ccc(F)cc1. The van der Waals surface area contributed by atoms with E-state index in [0.29, 0.717) is 12.0 Å². The van der Waals surface area contributed by atoms with Crippen LogP contribution >= 0.6 is 0 Å². The zero-order chi connectivity index (χ0) is 13.2. The fourth-order valence-corrected chi connectivity index (χ4v) is 3.14. The highest BCUT2D eigenvalue weighted by molar-refractivity contribution is 5.20. The van der Waals surface area contributed by atoms with Crippen molar-refractivity contribution in [1.82, 2.24) is 10.2 Å². The first-order valence-corrected chi connectivity index (χ1v) is 7.46. The molecular weight excluding hydrogens is 239 g/mol. The second kappa shape index (κ2) is 5.59. The number of benzene rings is 1. The average molecular weight is 262 g/mol. The maximum absolute atomic E-state index is 13.0. The van der Waals surface area contributed by atoms with Crippen LogP contribution in [0.5, 0.6) is 0 Å². The van der Waals surface area contributed by atoms with E-state index >= 15 is 0 Å². The molecule has 19 heavy (non-hydrogen) atoms. The Labute approximate surface area is 115 Å². The van der Waals surface area contributed by atoms with Gasteiger partial charge in [0.1, 0.15) is 5.82 Å². The van der Waals surface area contributed by atoms with Crippen molar-refractivity contribution in [3.8, 4) is 0 Å². The van der Waals surface area contributed by atoms with Crippen molar-refractivity contribution < 1.29 is 4.39 Å². The summed E-state index contributed by atoms with van der Waals surface area (Å²) in [6.07, 6.45) is 3.98. The first-order valence-electron chi connectivity index (χ1n) is 7.46. The molecule has 1 aromatic carbocycles. The summed E-state index contributed by atoms with van der Waals surface area (Å²) < 4.78 is 13.0. The predicted molar refractivity (Wildman–Crippen MR) is 75.8 cm³/mol. The van der Waals surface area contributed by atoms with E-state index in [2.05, 4.69) is 17.1 Å². The van der Waals surface area contributed by atoms with Crippen molar-refractivity contribution in [3.63, 3.8) is 0 Å². The summed E-state index contributed by atoms with van der Waals surface area (Å²) in [7, 11) is 0. The van der Waals surface area contributed by atoms with Crippen molar-refractivity contribution in [2.75, 3.05) is 19.6 Å². The molecule has 2 aliphatic rings. The Bertz CT molecular complexity index is 407. The summed E-state index contributed by atoms with van der Waals surface area (Å²) in [5.41, 5.74) is 1.25. The molecule has 1 aromatic rings. The number of hydrogen-bond donors (Lipinski definition) is 1. The Morgan fingerprint density at radius 2 is 1.95 bits per heavy atom. The Morgan fingerprint density at radius 1 is 1.21 bits per heavy atom. The van der Waals surface area contributed by atoms with Gasteiger partial charge in [0.2, 0.25) is 0 Å². The quantitative estimate of drug-likeness (QED) is 0.878. The van der Waals surface area contributed by atoms with E-state index < -0.39 is 0 Å². The molecule has 1 N–H and O–H groups in total. The van der Waals surface area contributed by atoms with Crippen LogP contribution in [0, 0.1) is 5.82 Å². The second-order valence-corrected chi connectivity index (χ2v) is 6.03. The molecular formula is C16H23FN2. The van der Waals surface area contributed by atoms with Gasteiger partial charge in [-0.15, -0.1) is 0 Å². The zero-order valence-corrected chi connectivity index (χ0v) is 11.6. The van der Waals surface area contributed by atoms with Crippen LogP contribution in [-0.4, -0.2) is 36.6 Å². The lowest BCUT2D eigenvalue weighted by atomic mass is 9.99. The molecule has 2 fully saturated rings. The van der Waals surface area contributed by atoms with Crippen molar-refractivity contribution in [2.45, 2.75) is 44.2 Å². The van der Waals surface area contributed by atoms with Gasteiger partial charge in [-0.25, -0.2) is 4.39 Å². The fourth-order valence-electron chi connectivity index (χ4n) is 3.14. The van der Waals surface area contributed by atoms with Gasteiger partial charge in [-0.3, -0.25) is 4.90 Å². The largest absolute Gasteiger partial charge is 0.315 e. The van der Waals surface area contributed by atoms with E-state index in [9.17, 15) is 4.39 Å². The van der Waals surface area contributed by atoms with Gasteiger partial charge in [0.05, 0.1) is 0 Å². The van der Waals surface area contributed by atoms with Crippen molar-refractivity contribution in [2.24, 2.45) is 0 Å². The average Bonchev–Trinajstić information content (AvgIpc) is 3.11. The van der Waals surface area contributed by atoms with Crippen LogP contribution in [0.1, 0.15) is 37.7 Å². The molecule has 3 heteroatoms. The second-order valence-electron chi connectivity index (χ2n) is 6.03. The van der Waals surface area contributed by atoms with Crippen LogP contribution in [0.4, 0.5) is 4.39 Å². The zero-order valence-electron chi connectivity index (χ0n) is 11.6. The third-order valence-electron chi connectivity index (χ3n) is 4.44. The van der Waals surface area contributed by atoms with E-state index in [4.69, 9.17) is 0 Å². The van der Waals surface area contributed by atoms with Crippen LogP contribution in [0.2, 0.25) is 0 Å². The summed E-state index contributed by atoms with van der Waals surface area (Å²) in [6, 6.07) is 8.51. The first kappa shape index (κ1) is 13.1. The molecule has 0 spiro atoms. The highest BCUT2D eigenvalue weighted by atomic mass is 19.1. The van der Waals surface area contributed by atoms with Gasteiger partial charge < -0.3 is 5.32 Å². The monoisotopic (exact) mass is 262 g/mol. The van der Waals surface area contributed by atoms with Crippen LogP contribution in [-0.2, 0) is 0 Å². The molecule has 1 heterocycles. The van der Waals surface area contributed by atoms with Crippen molar-refractivity contribution in [1.29, 1.82) is 0 Å². The molecule has 1 saturated carbocycles. The van der Waals surface area contributed by atoms with Crippen molar-refractivity contribution in [3.05, 3.63) is 35.6 Å². The normalized spacial score (nSPS) is 24.9. The minimum atomic E-state index is -0.144. The number of nitrogens with zero attached hydrogens (tertiary/aromatic N) is 1. The summed E-state index contributed by atoms with van der Waals surface area (Å²) in [4.78, 5) is 2.69. The summed E-state index contributed by atoms with van der Waals surface area (Å²) in [5.74, 6) is 0.330. The highest BCUT2D eigenvalue weighted by Gasteiger charge is 2.35. The molecule has 3 rings (SSSR count). The minimum Gasteiger partial charge on any atom is -0.315 e. The Kier molecular flexibility index (Phi) is 3.85. The summed E-state index contributed by atoms with van der Waals surface area (Å²) in [6.45, 7) is 5.64. The van der Waals surface area contributed by atoms with Gasteiger partial charge >= 0.3 is 0 Å². The lowest BCUT2D eigenvalue weighted by molar-refractivity contribution is 0.188. The fraction of sp³-hybridized carbons (Fsp3) is 0.625. The minimum absolute atomic E-state index is 0.144. The van der Waals surface area contributed by atoms with Crippen molar-refractivity contribution >= 4 is 0 Å². The lowest BCUT2D eigenvalue weighted by Crippen LogP contribution is -2.40. The van der Waals surface area contributed by atoms with E-state index in [1.165, 1.54) is 24.8 Å². The van der Waals surface area contributed by atoms with E-state index in [-0.39, 0.29) is 5.82 Å². The molecule has 1 saturated heterocycles. The lowest BCUT2D eigenvalue weighted by Gasteiger charge is -2.31. The first-order chi connectivity index (χ1) is 9.24. The molecule has 2 unspecified atom stereocenters. The number of hydrogen-bond acceptors (Lipinski definition) is 2. The smallest absolute Gasteiger partial charge is 0.123 e. The third kappa shape index (κ3) is 3.15. The number of nitrogens with one attached hydrogen (secondary N) is 1. The van der Waals surface area contributed by atoms with Gasteiger partial charge in [0, 0.05) is 25.2 Å². The molecule has 0 amide bonds. The van der Waals surface area contributed by atoms with Gasteiger partial charge in [-0.2, -0.15) is 0 Å². The summed E-state index contributed by atoms with van der Waals surface area (Å²) in [5, 5.41) is 3.46. The Balaban J connectivity index is 1.65. The molecule has 104 valence electrons. The van der Waals surface area contributed by atoms with E-state index in [0.717, 1.165) is 25.7 Å². The Hall–Kier alpha value is -0.930. The van der Waals surface area contributed by atoms with Crippen LogP contribution < -0.4 is 5.32 Å². The molecule has 0 aromatic heterocycles. The summed E-state index contributed by atoms with van der Waals surface area (Å²) >= 11 is 0. The number of rotatable bonds is 5. The van der Waals surface area contributed by atoms with Gasteiger partial charge in [0.25, 0.3) is 0 Å². The topological polar surface area (TPSA) is 15.3 Å². The van der Waals surface area contributed by atoms with Crippen LogP contribution in [0.25, 0.3) is 0 Å². The molecule has 0 radical (unpaired) electrons. The Morgan fingerprint density at radius 3 is 2.53 bits per heavy atom. The molecule has 1 aliphatic carbocycles. The number of halogens is 1. The molecule has 2 atom stereocenters. The van der Waals surface area contributed by atoms with Crippen LogP contribution in [0.15, 0.2) is 24.3 Å².